The van der Waals surface area contributed by atoms with Crippen LogP contribution >= 0.6 is 34.8 Å². The molecule has 126 valence electrons. The Morgan fingerprint density at radius 2 is 1.79 bits per heavy atom. The summed E-state index contributed by atoms with van der Waals surface area (Å²) in [5, 5.41) is 3.81. The maximum absolute atomic E-state index is 12.1. The van der Waals surface area contributed by atoms with E-state index in [-0.39, 0.29) is 6.42 Å². The van der Waals surface area contributed by atoms with E-state index in [2.05, 4.69) is 5.32 Å². The molecule has 24 heavy (non-hydrogen) atoms. The summed E-state index contributed by atoms with van der Waals surface area (Å²) in [6.07, 6.45) is -1.01. The molecule has 0 aliphatic carbocycles. The Hall–Kier alpha value is -1.75. The quantitative estimate of drug-likeness (QED) is 0.754. The zero-order valence-corrected chi connectivity index (χ0v) is 15.0. The fourth-order valence-electron chi connectivity index (χ4n) is 1.92. The average molecular weight is 387 g/mol. The first-order valence-electron chi connectivity index (χ1n) is 7.05. The molecule has 1 unspecified atom stereocenters. The van der Waals surface area contributed by atoms with Crippen molar-refractivity contribution in [1.82, 2.24) is 0 Å². The van der Waals surface area contributed by atoms with Gasteiger partial charge in [0.05, 0.1) is 17.1 Å². The first kappa shape index (κ1) is 18.6. The molecule has 0 aliphatic rings. The van der Waals surface area contributed by atoms with Gasteiger partial charge in [0.15, 0.2) is 6.10 Å². The molecule has 1 amide bonds. The van der Waals surface area contributed by atoms with Gasteiger partial charge >= 0.3 is 5.97 Å². The summed E-state index contributed by atoms with van der Waals surface area (Å²) in [6, 6.07) is 11.6. The van der Waals surface area contributed by atoms with Gasteiger partial charge in [-0.1, -0.05) is 53.0 Å². The van der Waals surface area contributed by atoms with Gasteiger partial charge in [0.25, 0.3) is 5.91 Å². The molecule has 0 aromatic heterocycles. The average Bonchev–Trinajstić information content (AvgIpc) is 2.53. The lowest BCUT2D eigenvalue weighted by Crippen LogP contribution is -2.30. The number of hydrogen-bond donors (Lipinski definition) is 1. The smallest absolute Gasteiger partial charge is 0.311 e. The molecule has 2 aromatic rings. The Kier molecular flexibility index (Phi) is 6.49. The Labute approximate surface area is 154 Å². The van der Waals surface area contributed by atoms with Gasteiger partial charge in [0.2, 0.25) is 0 Å². The van der Waals surface area contributed by atoms with Crippen LogP contribution in [0.15, 0.2) is 42.5 Å². The van der Waals surface area contributed by atoms with Crippen molar-refractivity contribution in [1.29, 1.82) is 0 Å². The molecule has 0 saturated carbocycles. The van der Waals surface area contributed by atoms with Crippen molar-refractivity contribution in [2.75, 3.05) is 5.32 Å². The molecule has 1 atom stereocenters. The number of carbonyl (C=O) groups is 2. The summed E-state index contributed by atoms with van der Waals surface area (Å²) in [7, 11) is 0. The largest absolute Gasteiger partial charge is 0.452 e. The molecule has 0 radical (unpaired) electrons. The molecule has 2 aromatic carbocycles. The highest BCUT2D eigenvalue weighted by Crippen LogP contribution is 2.25. The Morgan fingerprint density at radius 3 is 2.50 bits per heavy atom. The third kappa shape index (κ3) is 5.13. The first-order valence-corrected chi connectivity index (χ1v) is 8.19. The van der Waals surface area contributed by atoms with E-state index in [1.807, 2.05) is 0 Å². The van der Waals surface area contributed by atoms with Crippen LogP contribution < -0.4 is 5.32 Å². The maximum Gasteiger partial charge on any atom is 0.311 e. The third-order valence-electron chi connectivity index (χ3n) is 3.16. The zero-order chi connectivity index (χ0) is 17.7. The molecular formula is C17H14Cl3NO3. The predicted octanol–water partition coefficient (Wildman–Crippen LogP) is 4.76. The summed E-state index contributed by atoms with van der Waals surface area (Å²) in [4.78, 5) is 24.1. The number of halogens is 3. The highest BCUT2D eigenvalue weighted by molar-refractivity contribution is 6.35. The van der Waals surface area contributed by atoms with Crippen LogP contribution in [0, 0.1) is 0 Å². The minimum absolute atomic E-state index is 0.0186. The van der Waals surface area contributed by atoms with Crippen LogP contribution in [0.5, 0.6) is 0 Å². The second-order valence-electron chi connectivity index (χ2n) is 5.01. The SMILES string of the molecule is CC(OC(=O)Cc1ccccc1Cl)C(=O)Nc1cc(Cl)ccc1Cl. The van der Waals surface area contributed by atoms with Gasteiger partial charge in [0.1, 0.15) is 0 Å². The van der Waals surface area contributed by atoms with E-state index in [0.29, 0.717) is 26.3 Å². The molecule has 1 N–H and O–H groups in total. The molecule has 0 saturated heterocycles. The monoisotopic (exact) mass is 385 g/mol. The molecule has 0 fully saturated rings. The molecule has 7 heteroatoms. The lowest BCUT2D eigenvalue weighted by molar-refractivity contribution is -0.152. The van der Waals surface area contributed by atoms with E-state index in [0.717, 1.165) is 0 Å². The van der Waals surface area contributed by atoms with E-state index >= 15 is 0 Å². The Morgan fingerprint density at radius 1 is 1.08 bits per heavy atom. The number of ether oxygens (including phenoxy) is 1. The van der Waals surface area contributed by atoms with E-state index in [1.165, 1.54) is 13.0 Å². The number of esters is 1. The highest BCUT2D eigenvalue weighted by atomic mass is 35.5. The van der Waals surface area contributed by atoms with Crippen molar-refractivity contribution in [3.63, 3.8) is 0 Å². The Bertz CT molecular complexity index is 764. The van der Waals surface area contributed by atoms with Crippen LogP contribution in [0.25, 0.3) is 0 Å². The van der Waals surface area contributed by atoms with Crippen molar-refractivity contribution in [3.8, 4) is 0 Å². The van der Waals surface area contributed by atoms with Gasteiger partial charge in [-0.15, -0.1) is 0 Å². The summed E-state index contributed by atoms with van der Waals surface area (Å²) in [6.45, 7) is 1.47. The summed E-state index contributed by atoms with van der Waals surface area (Å²) in [5.41, 5.74) is 0.984. The number of anilines is 1. The fraction of sp³-hybridized carbons (Fsp3) is 0.176. The zero-order valence-electron chi connectivity index (χ0n) is 12.7. The van der Waals surface area contributed by atoms with Gasteiger partial charge in [-0.25, -0.2) is 0 Å². The van der Waals surface area contributed by atoms with Crippen LogP contribution in [0.4, 0.5) is 5.69 Å². The Balaban J connectivity index is 1.95. The minimum atomic E-state index is -0.991. The number of amides is 1. The molecule has 0 heterocycles. The molecular weight excluding hydrogens is 373 g/mol. The third-order valence-corrected chi connectivity index (χ3v) is 4.09. The van der Waals surface area contributed by atoms with Crippen LogP contribution in [-0.4, -0.2) is 18.0 Å². The molecule has 4 nitrogen and oxygen atoms in total. The lowest BCUT2D eigenvalue weighted by Gasteiger charge is -2.14. The van der Waals surface area contributed by atoms with E-state index in [4.69, 9.17) is 39.5 Å². The molecule has 2 rings (SSSR count). The number of hydrogen-bond acceptors (Lipinski definition) is 3. The van der Waals surface area contributed by atoms with E-state index < -0.39 is 18.0 Å². The van der Waals surface area contributed by atoms with Gasteiger partial charge in [-0.2, -0.15) is 0 Å². The van der Waals surface area contributed by atoms with E-state index in [1.54, 1.807) is 36.4 Å². The summed E-state index contributed by atoms with van der Waals surface area (Å²) < 4.78 is 5.13. The maximum atomic E-state index is 12.1. The standard InChI is InChI=1S/C17H14Cl3NO3/c1-10(17(23)21-15-9-12(18)6-7-14(15)20)24-16(22)8-11-4-2-3-5-13(11)19/h2-7,9-10H,8H2,1H3,(H,21,23). The first-order chi connectivity index (χ1) is 11.4. The number of nitrogens with one attached hydrogen (secondary N) is 1. The van der Waals surface area contributed by atoms with Crippen molar-refractivity contribution in [3.05, 3.63) is 63.1 Å². The number of benzene rings is 2. The fourth-order valence-corrected chi connectivity index (χ4v) is 2.46. The molecule has 0 spiro atoms. The molecule has 0 aliphatic heterocycles. The number of carbonyl (C=O) groups excluding carboxylic acids is 2. The van der Waals surface area contributed by atoms with Crippen molar-refractivity contribution < 1.29 is 14.3 Å². The van der Waals surface area contributed by atoms with Gasteiger partial charge in [0, 0.05) is 10.0 Å². The van der Waals surface area contributed by atoms with Gasteiger partial charge < -0.3 is 10.1 Å². The second-order valence-corrected chi connectivity index (χ2v) is 6.26. The minimum Gasteiger partial charge on any atom is -0.452 e. The van der Waals surface area contributed by atoms with E-state index in [9.17, 15) is 9.59 Å². The normalized spacial score (nSPS) is 11.7. The highest BCUT2D eigenvalue weighted by Gasteiger charge is 2.19. The molecule has 0 bridgehead atoms. The summed E-state index contributed by atoms with van der Waals surface area (Å²) in [5.74, 6) is -1.06. The summed E-state index contributed by atoms with van der Waals surface area (Å²) >= 11 is 17.8. The van der Waals surface area contributed by atoms with Gasteiger partial charge in [-0.05, 0) is 36.8 Å². The van der Waals surface area contributed by atoms with Crippen molar-refractivity contribution in [2.45, 2.75) is 19.4 Å². The van der Waals surface area contributed by atoms with Gasteiger partial charge in [-0.3, -0.25) is 9.59 Å². The number of rotatable bonds is 5. The lowest BCUT2D eigenvalue weighted by atomic mass is 10.1. The van der Waals surface area contributed by atoms with Crippen LogP contribution in [0.1, 0.15) is 12.5 Å². The predicted molar refractivity (Wildman–Crippen MR) is 95.8 cm³/mol. The van der Waals surface area contributed by atoms with Crippen LogP contribution in [0.3, 0.4) is 0 Å². The topological polar surface area (TPSA) is 55.4 Å². The second kappa shape index (κ2) is 8.38. The van der Waals surface area contributed by atoms with Crippen LogP contribution in [-0.2, 0) is 20.7 Å². The van der Waals surface area contributed by atoms with Crippen LogP contribution in [0.2, 0.25) is 15.1 Å². The van der Waals surface area contributed by atoms with Crippen molar-refractivity contribution >= 4 is 52.4 Å². The van der Waals surface area contributed by atoms with Crippen molar-refractivity contribution in [2.24, 2.45) is 0 Å².